The molecule has 1 unspecified atom stereocenters. The van der Waals surface area contributed by atoms with Crippen molar-refractivity contribution in [3.8, 4) is 11.5 Å². The van der Waals surface area contributed by atoms with E-state index in [0.717, 1.165) is 23.0 Å². The predicted molar refractivity (Wildman–Crippen MR) is 88.8 cm³/mol. The molecule has 1 atom stereocenters. The van der Waals surface area contributed by atoms with E-state index in [0.29, 0.717) is 11.8 Å². The van der Waals surface area contributed by atoms with Crippen molar-refractivity contribution < 1.29 is 9.84 Å². The number of phenols is 1. The maximum atomic E-state index is 9.76. The molecule has 2 rings (SSSR count). The number of rotatable bonds is 6. The third kappa shape index (κ3) is 4.76. The third-order valence-electron chi connectivity index (χ3n) is 3.35. The Kier molecular flexibility index (Phi) is 5.65. The lowest BCUT2D eigenvalue weighted by Crippen LogP contribution is -2.27. The maximum absolute atomic E-state index is 9.76. The molecular weight excluding hydrogens is 330 g/mol. The summed E-state index contributed by atoms with van der Waals surface area (Å²) in [5.41, 5.74) is 2.34. The number of benzene rings is 2. The van der Waals surface area contributed by atoms with Crippen molar-refractivity contribution in [2.75, 3.05) is 7.11 Å². The van der Waals surface area contributed by atoms with E-state index in [2.05, 4.69) is 52.4 Å². The number of methoxy groups -OCH3 is 1. The first kappa shape index (κ1) is 15.9. The fourth-order valence-electron chi connectivity index (χ4n) is 2.18. The average Bonchev–Trinajstić information content (AvgIpc) is 2.48. The number of aromatic hydroxyl groups is 1. The first-order chi connectivity index (χ1) is 10.1. The van der Waals surface area contributed by atoms with Gasteiger partial charge in [-0.2, -0.15) is 0 Å². The molecule has 4 heteroatoms. The topological polar surface area (TPSA) is 41.5 Å². The van der Waals surface area contributed by atoms with Crippen molar-refractivity contribution in [3.05, 3.63) is 58.1 Å². The lowest BCUT2D eigenvalue weighted by molar-refractivity contribution is 0.373. The van der Waals surface area contributed by atoms with Crippen LogP contribution >= 0.6 is 15.9 Å². The predicted octanol–water partition coefficient (Wildman–Crippen LogP) is 3.88. The molecule has 0 aliphatic rings. The molecule has 0 bridgehead atoms. The summed E-state index contributed by atoms with van der Waals surface area (Å²) >= 11 is 3.44. The molecule has 0 radical (unpaired) electrons. The van der Waals surface area contributed by atoms with E-state index < -0.39 is 0 Å². The summed E-state index contributed by atoms with van der Waals surface area (Å²) < 4.78 is 6.14. The van der Waals surface area contributed by atoms with Crippen LogP contribution in [0.25, 0.3) is 0 Å². The van der Waals surface area contributed by atoms with E-state index in [-0.39, 0.29) is 5.75 Å². The molecule has 0 saturated heterocycles. The number of ether oxygens (including phenoxy) is 1. The Morgan fingerprint density at radius 2 is 1.81 bits per heavy atom. The van der Waals surface area contributed by atoms with Crippen molar-refractivity contribution in [3.63, 3.8) is 0 Å². The zero-order chi connectivity index (χ0) is 15.2. The van der Waals surface area contributed by atoms with E-state index >= 15 is 0 Å². The van der Waals surface area contributed by atoms with E-state index in [4.69, 9.17) is 4.74 Å². The Balaban J connectivity index is 1.87. The molecule has 0 saturated carbocycles. The van der Waals surface area contributed by atoms with E-state index in [1.165, 1.54) is 5.56 Å². The second-order valence-electron chi connectivity index (χ2n) is 5.12. The first-order valence-electron chi connectivity index (χ1n) is 6.92. The van der Waals surface area contributed by atoms with Crippen LogP contribution in [0.5, 0.6) is 11.5 Å². The van der Waals surface area contributed by atoms with Gasteiger partial charge in [-0.05, 0) is 48.7 Å². The number of hydrogen-bond donors (Lipinski definition) is 2. The van der Waals surface area contributed by atoms with E-state index in [9.17, 15) is 5.11 Å². The van der Waals surface area contributed by atoms with Crippen LogP contribution in [0.1, 0.15) is 18.1 Å². The second-order valence-corrected chi connectivity index (χ2v) is 6.03. The van der Waals surface area contributed by atoms with Crippen LogP contribution in [-0.2, 0) is 13.0 Å². The summed E-state index contributed by atoms with van der Waals surface area (Å²) in [4.78, 5) is 0. The van der Waals surface area contributed by atoms with Crippen LogP contribution in [0.2, 0.25) is 0 Å². The van der Waals surface area contributed by atoms with Crippen molar-refractivity contribution >= 4 is 15.9 Å². The van der Waals surface area contributed by atoms with Gasteiger partial charge >= 0.3 is 0 Å². The minimum atomic E-state index is 0.178. The van der Waals surface area contributed by atoms with Gasteiger partial charge < -0.3 is 15.2 Å². The van der Waals surface area contributed by atoms with Gasteiger partial charge in [-0.1, -0.05) is 34.1 Å². The molecule has 3 nitrogen and oxygen atoms in total. The second kappa shape index (κ2) is 7.48. The van der Waals surface area contributed by atoms with Crippen molar-refractivity contribution in [1.29, 1.82) is 0 Å². The molecule has 112 valence electrons. The Labute approximate surface area is 134 Å². The molecule has 0 aliphatic carbocycles. The minimum Gasteiger partial charge on any atom is -0.504 e. The highest BCUT2D eigenvalue weighted by atomic mass is 79.9. The molecular formula is C17H20BrNO2. The Morgan fingerprint density at radius 1 is 1.14 bits per heavy atom. The molecule has 2 N–H and O–H groups in total. The van der Waals surface area contributed by atoms with Crippen molar-refractivity contribution in [2.24, 2.45) is 0 Å². The highest BCUT2D eigenvalue weighted by molar-refractivity contribution is 9.10. The standard InChI is InChI=1S/C17H20BrNO2/c1-12(9-13-3-6-15(18)7-4-13)19-11-14-5-8-17(21-2)16(20)10-14/h3-8,10,12,19-20H,9,11H2,1-2H3. The Hall–Kier alpha value is -1.52. The van der Waals surface area contributed by atoms with Crippen molar-refractivity contribution in [2.45, 2.75) is 25.9 Å². The van der Waals surface area contributed by atoms with Gasteiger partial charge in [0, 0.05) is 17.1 Å². The summed E-state index contributed by atoms with van der Waals surface area (Å²) in [6.45, 7) is 2.88. The van der Waals surface area contributed by atoms with Gasteiger partial charge in [0.1, 0.15) is 0 Å². The molecule has 0 fully saturated rings. The van der Waals surface area contributed by atoms with Crippen LogP contribution < -0.4 is 10.1 Å². The molecule has 2 aromatic rings. The monoisotopic (exact) mass is 349 g/mol. The summed E-state index contributed by atoms with van der Waals surface area (Å²) in [5, 5.41) is 13.2. The number of phenolic OH excluding ortho intramolecular Hbond substituents is 1. The molecule has 0 spiro atoms. The summed E-state index contributed by atoms with van der Waals surface area (Å²) in [6, 6.07) is 14.2. The van der Waals surface area contributed by atoms with Gasteiger partial charge in [0.05, 0.1) is 7.11 Å². The van der Waals surface area contributed by atoms with Gasteiger partial charge in [0.15, 0.2) is 11.5 Å². The molecule has 2 aromatic carbocycles. The Bertz CT molecular complexity index is 584. The molecule has 0 aliphatic heterocycles. The highest BCUT2D eigenvalue weighted by Crippen LogP contribution is 2.26. The zero-order valence-electron chi connectivity index (χ0n) is 12.3. The quantitative estimate of drug-likeness (QED) is 0.831. The van der Waals surface area contributed by atoms with Gasteiger partial charge in [0.2, 0.25) is 0 Å². The largest absolute Gasteiger partial charge is 0.504 e. The zero-order valence-corrected chi connectivity index (χ0v) is 13.9. The fourth-order valence-corrected chi connectivity index (χ4v) is 2.45. The van der Waals surface area contributed by atoms with Gasteiger partial charge in [-0.25, -0.2) is 0 Å². The fraction of sp³-hybridized carbons (Fsp3) is 0.294. The third-order valence-corrected chi connectivity index (χ3v) is 3.88. The molecule has 0 aromatic heterocycles. The van der Waals surface area contributed by atoms with Crippen LogP contribution in [0, 0.1) is 0 Å². The number of halogens is 1. The average molecular weight is 350 g/mol. The summed E-state index contributed by atoms with van der Waals surface area (Å²) in [7, 11) is 1.55. The molecule has 21 heavy (non-hydrogen) atoms. The maximum Gasteiger partial charge on any atom is 0.160 e. The van der Waals surface area contributed by atoms with Crippen LogP contribution in [0.3, 0.4) is 0 Å². The summed E-state index contributed by atoms with van der Waals surface area (Å²) in [5.74, 6) is 0.680. The van der Waals surface area contributed by atoms with E-state index in [1.54, 1.807) is 19.2 Å². The molecule has 0 amide bonds. The highest BCUT2D eigenvalue weighted by Gasteiger charge is 2.06. The lowest BCUT2D eigenvalue weighted by Gasteiger charge is -2.14. The smallest absolute Gasteiger partial charge is 0.160 e. The molecule has 0 heterocycles. The first-order valence-corrected chi connectivity index (χ1v) is 7.71. The van der Waals surface area contributed by atoms with Gasteiger partial charge in [-0.15, -0.1) is 0 Å². The lowest BCUT2D eigenvalue weighted by atomic mass is 10.1. The SMILES string of the molecule is COc1ccc(CNC(C)Cc2ccc(Br)cc2)cc1O. The van der Waals surface area contributed by atoms with E-state index in [1.807, 2.05) is 6.07 Å². The normalized spacial score (nSPS) is 12.1. The van der Waals surface area contributed by atoms with Crippen LogP contribution in [0.4, 0.5) is 0 Å². The number of hydrogen-bond acceptors (Lipinski definition) is 3. The van der Waals surface area contributed by atoms with Gasteiger partial charge in [0.25, 0.3) is 0 Å². The Morgan fingerprint density at radius 3 is 2.43 bits per heavy atom. The minimum absolute atomic E-state index is 0.178. The van der Waals surface area contributed by atoms with Crippen LogP contribution in [0.15, 0.2) is 46.9 Å². The number of nitrogens with one attached hydrogen (secondary N) is 1. The van der Waals surface area contributed by atoms with Crippen molar-refractivity contribution in [1.82, 2.24) is 5.32 Å². The van der Waals surface area contributed by atoms with Gasteiger partial charge in [-0.3, -0.25) is 0 Å². The van der Waals surface area contributed by atoms with Crippen LogP contribution in [-0.4, -0.2) is 18.3 Å². The summed E-state index contributed by atoms with van der Waals surface area (Å²) in [6.07, 6.45) is 0.968.